The van der Waals surface area contributed by atoms with Crippen LogP contribution in [0.4, 0.5) is 8.78 Å². The van der Waals surface area contributed by atoms with E-state index in [0.29, 0.717) is 11.8 Å². The number of pyridine rings is 1. The predicted octanol–water partition coefficient (Wildman–Crippen LogP) is 1.81. The average Bonchev–Trinajstić information content (AvgIpc) is 2.63. The summed E-state index contributed by atoms with van der Waals surface area (Å²) in [4.78, 5) is 17.9. The lowest BCUT2D eigenvalue weighted by Crippen LogP contribution is -2.50. The Balaban J connectivity index is 1.71. The highest BCUT2D eigenvalue weighted by molar-refractivity contribution is 7.89. The molecule has 1 aromatic heterocycles. The third-order valence-corrected chi connectivity index (χ3v) is 6.06. The van der Waals surface area contributed by atoms with Crippen LogP contribution < -0.4 is 0 Å². The number of hydrogen-bond acceptors (Lipinski definition) is 4. The molecule has 1 fully saturated rings. The second-order valence-corrected chi connectivity index (χ2v) is 7.87. The highest BCUT2D eigenvalue weighted by Crippen LogP contribution is 2.20. The average molecular weight is 381 g/mol. The number of sulfonamides is 1. The molecule has 1 amide bonds. The van der Waals surface area contributed by atoms with Gasteiger partial charge >= 0.3 is 0 Å². The molecule has 0 bridgehead atoms. The maximum Gasteiger partial charge on any atom is 0.272 e. The van der Waals surface area contributed by atoms with E-state index in [4.69, 9.17) is 0 Å². The Kier molecular flexibility index (Phi) is 5.01. The van der Waals surface area contributed by atoms with Gasteiger partial charge in [0, 0.05) is 31.9 Å². The van der Waals surface area contributed by atoms with E-state index in [-0.39, 0.29) is 37.0 Å². The van der Waals surface area contributed by atoms with Crippen LogP contribution in [0.2, 0.25) is 0 Å². The topological polar surface area (TPSA) is 70.6 Å². The van der Waals surface area contributed by atoms with E-state index in [1.807, 2.05) is 0 Å². The van der Waals surface area contributed by atoms with Crippen molar-refractivity contribution < 1.29 is 22.0 Å². The summed E-state index contributed by atoms with van der Waals surface area (Å²) < 4.78 is 52.7. The number of aryl methyl sites for hydroxylation is 1. The van der Waals surface area contributed by atoms with Gasteiger partial charge in [-0.2, -0.15) is 4.31 Å². The molecule has 1 aliphatic heterocycles. The summed E-state index contributed by atoms with van der Waals surface area (Å²) in [5.41, 5.74) is 1.03. The van der Waals surface area contributed by atoms with Crippen molar-refractivity contribution in [3.05, 3.63) is 59.4 Å². The molecule has 1 aromatic carbocycles. The minimum atomic E-state index is -3.95. The Morgan fingerprint density at radius 2 is 1.73 bits per heavy atom. The zero-order valence-corrected chi connectivity index (χ0v) is 14.8. The Labute approximate surface area is 150 Å². The van der Waals surface area contributed by atoms with Gasteiger partial charge < -0.3 is 4.90 Å². The molecule has 0 radical (unpaired) electrons. The van der Waals surface area contributed by atoms with E-state index in [0.717, 1.165) is 22.1 Å². The standard InChI is InChI=1S/C17H17F2N3O3S/c1-12-3-2-4-16(20-12)17(23)21-7-9-22(10-8-21)26(24,25)13-5-6-14(18)15(19)11-13/h2-6,11H,7-10H2,1H3. The van der Waals surface area contributed by atoms with Crippen molar-refractivity contribution in [1.29, 1.82) is 0 Å². The smallest absolute Gasteiger partial charge is 0.272 e. The third kappa shape index (κ3) is 3.58. The van der Waals surface area contributed by atoms with Gasteiger partial charge in [-0.05, 0) is 37.3 Å². The van der Waals surface area contributed by atoms with E-state index in [9.17, 15) is 22.0 Å². The van der Waals surface area contributed by atoms with Gasteiger partial charge in [-0.25, -0.2) is 22.2 Å². The first kappa shape index (κ1) is 18.4. The van der Waals surface area contributed by atoms with Crippen molar-refractivity contribution in [2.24, 2.45) is 0 Å². The summed E-state index contributed by atoms with van der Waals surface area (Å²) >= 11 is 0. The molecule has 0 N–H and O–H groups in total. The fraction of sp³-hybridized carbons (Fsp3) is 0.294. The van der Waals surface area contributed by atoms with Crippen LogP contribution in [0.25, 0.3) is 0 Å². The van der Waals surface area contributed by atoms with E-state index < -0.39 is 21.7 Å². The highest BCUT2D eigenvalue weighted by Gasteiger charge is 2.31. The summed E-state index contributed by atoms with van der Waals surface area (Å²) in [5, 5.41) is 0. The highest BCUT2D eigenvalue weighted by atomic mass is 32.2. The molecule has 1 saturated heterocycles. The molecule has 26 heavy (non-hydrogen) atoms. The first-order chi connectivity index (χ1) is 12.3. The molecule has 2 heterocycles. The number of amides is 1. The summed E-state index contributed by atoms with van der Waals surface area (Å²) in [7, 11) is -3.95. The molecule has 2 aromatic rings. The van der Waals surface area contributed by atoms with Crippen molar-refractivity contribution in [1.82, 2.24) is 14.2 Å². The molecule has 0 spiro atoms. The predicted molar refractivity (Wildman–Crippen MR) is 90.0 cm³/mol. The fourth-order valence-corrected chi connectivity index (χ4v) is 4.18. The van der Waals surface area contributed by atoms with Gasteiger partial charge in [0.1, 0.15) is 5.69 Å². The molecule has 0 saturated carbocycles. The Morgan fingerprint density at radius 3 is 2.35 bits per heavy atom. The van der Waals surface area contributed by atoms with Crippen LogP contribution in [-0.2, 0) is 10.0 Å². The van der Waals surface area contributed by atoms with E-state index >= 15 is 0 Å². The Hall–Kier alpha value is -2.39. The molecule has 6 nitrogen and oxygen atoms in total. The summed E-state index contributed by atoms with van der Waals surface area (Å²) in [5.74, 6) is -2.59. The first-order valence-corrected chi connectivity index (χ1v) is 9.41. The number of benzene rings is 1. The van der Waals surface area contributed by atoms with Crippen molar-refractivity contribution in [2.45, 2.75) is 11.8 Å². The Morgan fingerprint density at radius 1 is 1.04 bits per heavy atom. The minimum Gasteiger partial charge on any atom is -0.335 e. The van der Waals surface area contributed by atoms with E-state index in [2.05, 4.69) is 4.98 Å². The number of halogens is 2. The normalized spacial score (nSPS) is 15.9. The number of rotatable bonds is 3. The monoisotopic (exact) mass is 381 g/mol. The zero-order valence-electron chi connectivity index (χ0n) is 14.0. The van der Waals surface area contributed by atoms with Gasteiger partial charge in [0.2, 0.25) is 10.0 Å². The third-order valence-electron chi connectivity index (χ3n) is 4.16. The summed E-state index contributed by atoms with van der Waals surface area (Å²) in [6.45, 7) is 2.30. The first-order valence-electron chi connectivity index (χ1n) is 7.97. The lowest BCUT2D eigenvalue weighted by molar-refractivity contribution is 0.0691. The number of hydrogen-bond donors (Lipinski definition) is 0. The number of carbonyl (C=O) groups excluding carboxylic acids is 1. The van der Waals surface area contributed by atoms with Crippen LogP contribution in [-0.4, -0.2) is 54.7 Å². The molecular formula is C17H17F2N3O3S. The van der Waals surface area contributed by atoms with Crippen LogP contribution in [0.3, 0.4) is 0 Å². The molecule has 9 heteroatoms. The second kappa shape index (κ2) is 7.08. The maximum atomic E-state index is 13.3. The number of aromatic nitrogens is 1. The van der Waals surface area contributed by atoms with E-state index in [1.165, 1.54) is 4.90 Å². The van der Waals surface area contributed by atoms with Crippen LogP contribution in [0, 0.1) is 18.6 Å². The minimum absolute atomic E-state index is 0.0683. The number of carbonyl (C=O) groups is 1. The molecule has 138 valence electrons. The van der Waals surface area contributed by atoms with Crippen LogP contribution in [0.15, 0.2) is 41.3 Å². The molecule has 0 unspecified atom stereocenters. The second-order valence-electron chi connectivity index (χ2n) is 5.94. The van der Waals surface area contributed by atoms with Gasteiger partial charge in [0.05, 0.1) is 4.90 Å². The lowest BCUT2D eigenvalue weighted by Gasteiger charge is -2.33. The van der Waals surface area contributed by atoms with Crippen LogP contribution in [0.1, 0.15) is 16.2 Å². The molecular weight excluding hydrogens is 364 g/mol. The molecule has 3 rings (SSSR count). The molecule has 0 atom stereocenters. The fourth-order valence-electron chi connectivity index (χ4n) is 2.74. The van der Waals surface area contributed by atoms with Gasteiger partial charge in [-0.3, -0.25) is 4.79 Å². The molecule has 0 aliphatic carbocycles. The SMILES string of the molecule is Cc1cccc(C(=O)N2CCN(S(=O)(=O)c3ccc(F)c(F)c3)CC2)n1. The quantitative estimate of drug-likeness (QED) is 0.813. The maximum absolute atomic E-state index is 13.3. The van der Waals surface area contributed by atoms with Crippen molar-refractivity contribution in [3.63, 3.8) is 0 Å². The van der Waals surface area contributed by atoms with Gasteiger partial charge in [0.25, 0.3) is 5.91 Å². The summed E-state index contributed by atoms with van der Waals surface area (Å²) in [6, 6.07) is 7.61. The van der Waals surface area contributed by atoms with Gasteiger partial charge in [0.15, 0.2) is 11.6 Å². The van der Waals surface area contributed by atoms with Gasteiger partial charge in [-0.15, -0.1) is 0 Å². The summed E-state index contributed by atoms with van der Waals surface area (Å²) in [6.07, 6.45) is 0. The number of nitrogens with zero attached hydrogens (tertiary/aromatic N) is 3. The lowest BCUT2D eigenvalue weighted by atomic mass is 10.2. The van der Waals surface area contributed by atoms with Crippen molar-refractivity contribution in [3.8, 4) is 0 Å². The molecule has 1 aliphatic rings. The van der Waals surface area contributed by atoms with Gasteiger partial charge in [-0.1, -0.05) is 6.07 Å². The van der Waals surface area contributed by atoms with E-state index in [1.54, 1.807) is 25.1 Å². The Bertz CT molecular complexity index is 942. The van der Waals surface area contributed by atoms with Crippen LogP contribution in [0.5, 0.6) is 0 Å². The number of piperazine rings is 1. The van der Waals surface area contributed by atoms with Crippen molar-refractivity contribution >= 4 is 15.9 Å². The zero-order chi connectivity index (χ0) is 18.9. The van der Waals surface area contributed by atoms with Crippen molar-refractivity contribution in [2.75, 3.05) is 26.2 Å². The van der Waals surface area contributed by atoms with Crippen LogP contribution >= 0.6 is 0 Å². The largest absolute Gasteiger partial charge is 0.335 e.